The van der Waals surface area contributed by atoms with Crippen LogP contribution in [0, 0.1) is 6.92 Å². The van der Waals surface area contributed by atoms with E-state index in [9.17, 15) is 17.6 Å². The van der Waals surface area contributed by atoms with Crippen molar-refractivity contribution in [3.05, 3.63) is 36.4 Å². The zero-order chi connectivity index (χ0) is 20.6. The van der Waals surface area contributed by atoms with Crippen molar-refractivity contribution >= 4 is 22.6 Å². The first-order valence-corrected chi connectivity index (χ1v) is 8.91. The number of anilines is 1. The van der Waals surface area contributed by atoms with Crippen LogP contribution in [-0.2, 0) is 6.54 Å². The predicted molar refractivity (Wildman–Crippen MR) is 99.4 cm³/mol. The Morgan fingerprint density at radius 1 is 1.14 bits per heavy atom. The first-order chi connectivity index (χ1) is 13.9. The van der Waals surface area contributed by atoms with Gasteiger partial charge in [-0.3, -0.25) is 0 Å². The lowest BCUT2D eigenvalue weighted by molar-refractivity contribution is -0.131. The Labute approximate surface area is 162 Å². The van der Waals surface area contributed by atoms with Crippen LogP contribution in [0.5, 0.6) is 0 Å². The first kappa shape index (κ1) is 19.1. The summed E-state index contributed by atoms with van der Waals surface area (Å²) < 4.78 is 52.9. The van der Waals surface area contributed by atoms with E-state index in [1.165, 1.54) is 10.7 Å². The molecule has 0 amide bonds. The van der Waals surface area contributed by atoms with Crippen LogP contribution >= 0.6 is 0 Å². The van der Waals surface area contributed by atoms with E-state index >= 15 is 0 Å². The Hall–Kier alpha value is -3.24. The molecular weight excluding hydrogens is 390 g/mol. The molecule has 4 aromatic rings. The highest BCUT2D eigenvalue weighted by Gasteiger charge is 2.26. The van der Waals surface area contributed by atoms with Gasteiger partial charge in [-0.1, -0.05) is 0 Å². The maximum Gasteiger partial charge on any atom is 0.390 e. The summed E-state index contributed by atoms with van der Waals surface area (Å²) in [6.07, 6.45) is -2.01. The number of aromatic nitrogens is 6. The minimum Gasteiger partial charge on any atom is -0.353 e. The highest BCUT2D eigenvalue weighted by atomic mass is 19.4. The molecule has 0 saturated carbocycles. The van der Waals surface area contributed by atoms with Crippen LogP contribution in [0.4, 0.5) is 23.5 Å². The lowest BCUT2D eigenvalue weighted by atomic mass is 10.2. The van der Waals surface area contributed by atoms with E-state index in [1.54, 1.807) is 29.8 Å². The standard InChI is InChI=1S/C18H17F4N7/c1-11-25-14-3-2-13(26-16(14)28(11)9-6-19)12-4-8-29-15(12)10-24-17(27-29)23-7-5-18(20,21)22/h2-4,8,10H,5-7,9H2,1H3,(H,23,27). The molecular formula is C18H17F4N7. The summed E-state index contributed by atoms with van der Waals surface area (Å²) in [6.45, 7) is 1.14. The predicted octanol–water partition coefficient (Wildman–Crippen LogP) is 3.78. The van der Waals surface area contributed by atoms with Gasteiger partial charge in [0.15, 0.2) is 5.65 Å². The Kier molecular flexibility index (Phi) is 4.81. The summed E-state index contributed by atoms with van der Waals surface area (Å²) in [5.74, 6) is 0.783. The molecule has 0 aromatic carbocycles. The third-order valence-electron chi connectivity index (χ3n) is 4.48. The number of nitrogens with zero attached hydrogens (tertiary/aromatic N) is 6. The van der Waals surface area contributed by atoms with Crippen LogP contribution in [-0.4, -0.2) is 48.5 Å². The molecule has 0 atom stereocenters. The maximum atomic E-state index is 12.9. The molecule has 0 aliphatic carbocycles. The minimum atomic E-state index is -4.24. The summed E-state index contributed by atoms with van der Waals surface area (Å²) in [7, 11) is 0. The Bertz CT molecular complexity index is 1160. The van der Waals surface area contributed by atoms with Crippen molar-refractivity contribution in [3.8, 4) is 11.3 Å². The summed E-state index contributed by atoms with van der Waals surface area (Å²) in [5.41, 5.74) is 3.30. The van der Waals surface area contributed by atoms with Crippen LogP contribution in [0.25, 0.3) is 27.9 Å². The van der Waals surface area contributed by atoms with E-state index < -0.39 is 19.3 Å². The molecule has 0 aliphatic heterocycles. The second-order valence-electron chi connectivity index (χ2n) is 6.47. The second-order valence-corrected chi connectivity index (χ2v) is 6.47. The van der Waals surface area contributed by atoms with Gasteiger partial charge in [0, 0.05) is 18.3 Å². The Morgan fingerprint density at radius 2 is 1.97 bits per heavy atom. The highest BCUT2D eigenvalue weighted by molar-refractivity contribution is 5.82. The van der Waals surface area contributed by atoms with Gasteiger partial charge in [-0.15, -0.1) is 5.10 Å². The Morgan fingerprint density at radius 3 is 2.72 bits per heavy atom. The van der Waals surface area contributed by atoms with E-state index in [0.29, 0.717) is 28.2 Å². The summed E-state index contributed by atoms with van der Waals surface area (Å²) in [4.78, 5) is 13.1. The van der Waals surface area contributed by atoms with Crippen molar-refractivity contribution in [1.29, 1.82) is 0 Å². The van der Waals surface area contributed by atoms with E-state index in [1.807, 2.05) is 6.07 Å². The molecule has 0 spiro atoms. The molecule has 0 radical (unpaired) electrons. The third kappa shape index (κ3) is 3.84. The maximum absolute atomic E-state index is 12.9. The van der Waals surface area contributed by atoms with E-state index in [4.69, 9.17) is 0 Å². The minimum absolute atomic E-state index is 0.101. The zero-order valence-corrected chi connectivity index (χ0v) is 15.4. The topological polar surface area (TPSA) is 72.9 Å². The number of halogens is 4. The zero-order valence-electron chi connectivity index (χ0n) is 15.4. The molecule has 11 heteroatoms. The largest absolute Gasteiger partial charge is 0.390 e. The first-order valence-electron chi connectivity index (χ1n) is 8.91. The molecule has 0 unspecified atom stereocenters. The molecule has 4 aromatic heterocycles. The summed E-state index contributed by atoms with van der Waals surface area (Å²) in [5, 5.41) is 6.75. The summed E-state index contributed by atoms with van der Waals surface area (Å²) >= 11 is 0. The number of alkyl halides is 4. The lowest BCUT2D eigenvalue weighted by Gasteiger charge is -2.08. The van der Waals surface area contributed by atoms with E-state index in [2.05, 4.69) is 25.4 Å². The van der Waals surface area contributed by atoms with Crippen LogP contribution in [0.1, 0.15) is 12.2 Å². The van der Waals surface area contributed by atoms with Gasteiger partial charge >= 0.3 is 6.18 Å². The molecule has 0 bridgehead atoms. The van der Waals surface area contributed by atoms with Gasteiger partial charge in [-0.25, -0.2) is 23.9 Å². The molecule has 152 valence electrons. The number of aryl methyl sites for hydroxylation is 2. The molecule has 0 saturated heterocycles. The molecule has 1 N–H and O–H groups in total. The van der Waals surface area contributed by atoms with Crippen LogP contribution in [0.15, 0.2) is 30.6 Å². The normalized spacial score (nSPS) is 12.2. The van der Waals surface area contributed by atoms with Crippen LogP contribution in [0.3, 0.4) is 0 Å². The average Bonchev–Trinajstić information content (AvgIpc) is 3.21. The van der Waals surface area contributed by atoms with E-state index in [0.717, 1.165) is 5.56 Å². The fourth-order valence-corrected chi connectivity index (χ4v) is 3.13. The van der Waals surface area contributed by atoms with Crippen molar-refractivity contribution in [3.63, 3.8) is 0 Å². The van der Waals surface area contributed by atoms with Gasteiger partial charge in [0.1, 0.15) is 18.0 Å². The summed E-state index contributed by atoms with van der Waals surface area (Å²) in [6, 6.07) is 5.41. The van der Waals surface area contributed by atoms with Gasteiger partial charge in [0.2, 0.25) is 5.95 Å². The number of pyridine rings is 1. The van der Waals surface area contributed by atoms with Gasteiger partial charge in [-0.05, 0) is 25.1 Å². The second kappa shape index (κ2) is 7.30. The number of nitrogens with one attached hydrogen (secondary N) is 1. The number of fused-ring (bicyclic) bond motifs is 2. The van der Waals surface area contributed by atoms with Crippen molar-refractivity contribution in [2.45, 2.75) is 26.1 Å². The quantitative estimate of drug-likeness (QED) is 0.493. The molecule has 7 nitrogen and oxygen atoms in total. The SMILES string of the molecule is Cc1nc2ccc(-c3ccn4nc(NCCC(F)(F)F)ncc34)nc2n1CCF. The highest BCUT2D eigenvalue weighted by Crippen LogP contribution is 2.26. The van der Waals surface area contributed by atoms with Crippen molar-refractivity contribution in [1.82, 2.24) is 29.1 Å². The lowest BCUT2D eigenvalue weighted by Crippen LogP contribution is -2.16. The fourth-order valence-electron chi connectivity index (χ4n) is 3.13. The smallest absolute Gasteiger partial charge is 0.353 e. The number of hydrogen-bond donors (Lipinski definition) is 1. The van der Waals surface area contributed by atoms with Gasteiger partial charge < -0.3 is 9.88 Å². The van der Waals surface area contributed by atoms with Crippen LogP contribution < -0.4 is 5.32 Å². The number of rotatable bonds is 6. The number of imidazole rings is 1. The average molecular weight is 407 g/mol. The molecule has 0 aliphatic rings. The van der Waals surface area contributed by atoms with Crippen molar-refractivity contribution in [2.75, 3.05) is 18.5 Å². The third-order valence-corrected chi connectivity index (χ3v) is 4.48. The molecule has 0 fully saturated rings. The van der Waals surface area contributed by atoms with Gasteiger partial charge in [-0.2, -0.15) is 13.2 Å². The van der Waals surface area contributed by atoms with Gasteiger partial charge in [0.25, 0.3) is 0 Å². The van der Waals surface area contributed by atoms with Crippen molar-refractivity contribution in [2.24, 2.45) is 0 Å². The van der Waals surface area contributed by atoms with E-state index in [-0.39, 0.29) is 19.0 Å². The monoisotopic (exact) mass is 407 g/mol. The fraction of sp³-hybridized carbons (Fsp3) is 0.333. The number of hydrogen-bond acceptors (Lipinski definition) is 5. The molecule has 4 heterocycles. The van der Waals surface area contributed by atoms with Gasteiger partial charge in [0.05, 0.1) is 30.4 Å². The Balaban J connectivity index is 1.65. The van der Waals surface area contributed by atoms with Crippen LogP contribution in [0.2, 0.25) is 0 Å². The van der Waals surface area contributed by atoms with Crippen molar-refractivity contribution < 1.29 is 17.6 Å². The molecule has 4 rings (SSSR count). The molecule has 29 heavy (non-hydrogen) atoms.